The second-order valence-corrected chi connectivity index (χ2v) is 4.61. The third-order valence-corrected chi connectivity index (χ3v) is 3.04. The van der Waals surface area contributed by atoms with Gasteiger partial charge in [-0.2, -0.15) is 0 Å². The van der Waals surface area contributed by atoms with E-state index < -0.39 is 0 Å². The Morgan fingerprint density at radius 2 is 2.11 bits per heavy atom. The van der Waals surface area contributed by atoms with Crippen molar-refractivity contribution in [2.24, 2.45) is 0 Å². The van der Waals surface area contributed by atoms with Gasteiger partial charge in [-0.05, 0) is 43.0 Å². The van der Waals surface area contributed by atoms with Gasteiger partial charge in [0.2, 0.25) is 0 Å². The molecule has 0 radical (unpaired) electrons. The molecule has 1 rings (SSSR count). The summed E-state index contributed by atoms with van der Waals surface area (Å²) >= 11 is 5.62. The van der Waals surface area contributed by atoms with Crippen LogP contribution < -0.4 is 4.74 Å². The second-order valence-electron chi connectivity index (χ2n) is 4.24. The van der Waals surface area contributed by atoms with E-state index in [1.807, 2.05) is 18.2 Å². The Kier molecular flexibility index (Phi) is 6.81. The topological polar surface area (TPSA) is 26.3 Å². The van der Waals surface area contributed by atoms with Gasteiger partial charge in [-0.3, -0.25) is 4.79 Å². The van der Waals surface area contributed by atoms with Gasteiger partial charge in [0.1, 0.15) is 5.75 Å². The third-order valence-electron chi connectivity index (χ3n) is 2.77. The van der Waals surface area contributed by atoms with Crippen molar-refractivity contribution in [1.82, 2.24) is 0 Å². The van der Waals surface area contributed by atoms with Crippen LogP contribution in [-0.2, 0) is 6.42 Å². The number of alkyl halides is 1. The number of rotatable bonds is 8. The minimum absolute atomic E-state index is 0.176. The maximum Gasteiger partial charge on any atom is 0.163 e. The van der Waals surface area contributed by atoms with Gasteiger partial charge in [0.15, 0.2) is 5.78 Å². The first-order valence-corrected chi connectivity index (χ1v) is 7.11. The molecule has 0 aliphatic carbocycles. The zero-order valence-electron chi connectivity index (χ0n) is 11.2. The zero-order chi connectivity index (χ0) is 13.4. The van der Waals surface area contributed by atoms with E-state index in [-0.39, 0.29) is 5.78 Å². The molecule has 0 saturated heterocycles. The van der Waals surface area contributed by atoms with Crippen molar-refractivity contribution in [3.05, 3.63) is 29.3 Å². The van der Waals surface area contributed by atoms with Crippen molar-refractivity contribution in [3.63, 3.8) is 0 Å². The fraction of sp³-hybridized carbons (Fsp3) is 0.533. The maximum absolute atomic E-state index is 12.0. The maximum atomic E-state index is 12.0. The van der Waals surface area contributed by atoms with Crippen LogP contribution in [0.2, 0.25) is 0 Å². The van der Waals surface area contributed by atoms with Gasteiger partial charge < -0.3 is 4.74 Å². The molecule has 0 aliphatic rings. The van der Waals surface area contributed by atoms with Crippen LogP contribution in [-0.4, -0.2) is 18.3 Å². The predicted molar refractivity (Wildman–Crippen MR) is 75.9 cm³/mol. The van der Waals surface area contributed by atoms with E-state index in [0.717, 1.165) is 36.1 Å². The lowest BCUT2D eigenvalue weighted by molar-refractivity contribution is 0.0981. The van der Waals surface area contributed by atoms with Crippen LogP contribution in [0.4, 0.5) is 0 Å². The fourth-order valence-corrected chi connectivity index (χ4v) is 1.94. The molecule has 3 heteroatoms. The van der Waals surface area contributed by atoms with Crippen LogP contribution in [0.15, 0.2) is 18.2 Å². The normalized spacial score (nSPS) is 10.4. The van der Waals surface area contributed by atoms with E-state index in [0.29, 0.717) is 18.9 Å². The van der Waals surface area contributed by atoms with Gasteiger partial charge in [0.05, 0.1) is 6.61 Å². The SMILES string of the molecule is CCCOc1ccc(C(=O)CCCCl)c(CC)c1. The molecule has 0 aromatic heterocycles. The minimum atomic E-state index is 0.176. The number of ether oxygens (including phenoxy) is 1. The van der Waals surface area contributed by atoms with Crippen LogP contribution in [0.1, 0.15) is 49.0 Å². The molecule has 0 atom stereocenters. The van der Waals surface area contributed by atoms with Crippen molar-refractivity contribution in [1.29, 1.82) is 0 Å². The van der Waals surface area contributed by atoms with Crippen LogP contribution in [0.25, 0.3) is 0 Å². The van der Waals surface area contributed by atoms with Crippen molar-refractivity contribution < 1.29 is 9.53 Å². The first-order chi connectivity index (χ1) is 8.72. The van der Waals surface area contributed by atoms with Crippen LogP contribution >= 0.6 is 11.6 Å². The quantitative estimate of drug-likeness (QED) is 0.521. The largest absolute Gasteiger partial charge is 0.494 e. The Hall–Kier alpha value is -1.02. The number of Topliss-reactive ketones (excluding diaryl/α,β-unsaturated/α-hetero) is 1. The summed E-state index contributed by atoms with van der Waals surface area (Å²) in [6, 6.07) is 5.73. The number of hydrogen-bond acceptors (Lipinski definition) is 2. The predicted octanol–water partition coefficient (Wildman–Crippen LogP) is 4.24. The average Bonchev–Trinajstić information content (AvgIpc) is 2.42. The van der Waals surface area contributed by atoms with E-state index in [4.69, 9.17) is 16.3 Å². The number of halogens is 1. The number of ketones is 1. The Labute approximate surface area is 114 Å². The average molecular weight is 269 g/mol. The number of carbonyl (C=O) groups excluding carboxylic acids is 1. The molecule has 0 N–H and O–H groups in total. The molecular formula is C15H21ClO2. The Balaban J connectivity index is 2.82. The Morgan fingerprint density at radius 1 is 1.33 bits per heavy atom. The van der Waals surface area contributed by atoms with E-state index in [9.17, 15) is 4.79 Å². The van der Waals surface area contributed by atoms with Gasteiger partial charge >= 0.3 is 0 Å². The highest BCUT2D eigenvalue weighted by molar-refractivity contribution is 6.18. The van der Waals surface area contributed by atoms with Crippen LogP contribution in [0.3, 0.4) is 0 Å². The molecular weight excluding hydrogens is 248 g/mol. The number of benzene rings is 1. The van der Waals surface area contributed by atoms with Gasteiger partial charge in [0.25, 0.3) is 0 Å². The van der Waals surface area contributed by atoms with Gasteiger partial charge in [-0.1, -0.05) is 13.8 Å². The highest BCUT2D eigenvalue weighted by Gasteiger charge is 2.11. The summed E-state index contributed by atoms with van der Waals surface area (Å²) in [5, 5.41) is 0. The fourth-order valence-electron chi connectivity index (χ4n) is 1.81. The summed E-state index contributed by atoms with van der Waals surface area (Å²) in [5.41, 5.74) is 1.87. The van der Waals surface area contributed by atoms with Crippen molar-refractivity contribution >= 4 is 17.4 Å². The molecule has 1 aromatic rings. The molecule has 0 amide bonds. The van der Waals surface area contributed by atoms with E-state index >= 15 is 0 Å². The summed E-state index contributed by atoms with van der Waals surface area (Å²) in [6.07, 6.45) is 3.08. The van der Waals surface area contributed by atoms with E-state index in [1.165, 1.54) is 0 Å². The molecule has 0 bridgehead atoms. The van der Waals surface area contributed by atoms with E-state index in [2.05, 4.69) is 13.8 Å². The third kappa shape index (κ3) is 4.34. The monoisotopic (exact) mass is 268 g/mol. The van der Waals surface area contributed by atoms with Gasteiger partial charge in [0, 0.05) is 17.9 Å². The van der Waals surface area contributed by atoms with Crippen molar-refractivity contribution in [2.75, 3.05) is 12.5 Å². The molecule has 2 nitrogen and oxygen atoms in total. The molecule has 18 heavy (non-hydrogen) atoms. The zero-order valence-corrected chi connectivity index (χ0v) is 11.9. The molecule has 0 heterocycles. The van der Waals surface area contributed by atoms with Crippen molar-refractivity contribution in [2.45, 2.75) is 39.5 Å². The molecule has 1 aromatic carbocycles. The smallest absolute Gasteiger partial charge is 0.163 e. The summed E-state index contributed by atoms with van der Waals surface area (Å²) < 4.78 is 5.58. The summed E-state index contributed by atoms with van der Waals surface area (Å²) in [4.78, 5) is 12.0. The van der Waals surface area contributed by atoms with Crippen LogP contribution in [0, 0.1) is 0 Å². The Bertz CT molecular complexity index is 388. The Morgan fingerprint density at radius 3 is 2.72 bits per heavy atom. The van der Waals surface area contributed by atoms with Gasteiger partial charge in [-0.25, -0.2) is 0 Å². The molecule has 0 unspecified atom stereocenters. The highest BCUT2D eigenvalue weighted by Crippen LogP contribution is 2.20. The standard InChI is InChI=1S/C15H21ClO2/c1-3-10-18-13-7-8-14(12(4-2)11-13)15(17)6-5-9-16/h7-8,11H,3-6,9-10H2,1-2H3. The molecule has 0 spiro atoms. The lowest BCUT2D eigenvalue weighted by atomic mass is 9.99. The van der Waals surface area contributed by atoms with Gasteiger partial charge in [-0.15, -0.1) is 11.6 Å². The van der Waals surface area contributed by atoms with Crippen LogP contribution in [0.5, 0.6) is 5.75 Å². The number of carbonyl (C=O) groups is 1. The first-order valence-electron chi connectivity index (χ1n) is 6.57. The van der Waals surface area contributed by atoms with E-state index in [1.54, 1.807) is 0 Å². The summed E-state index contributed by atoms with van der Waals surface area (Å²) in [6.45, 7) is 4.84. The molecule has 100 valence electrons. The van der Waals surface area contributed by atoms with Crippen molar-refractivity contribution in [3.8, 4) is 5.75 Å². The minimum Gasteiger partial charge on any atom is -0.494 e. The summed E-state index contributed by atoms with van der Waals surface area (Å²) in [7, 11) is 0. The molecule has 0 aliphatic heterocycles. The lowest BCUT2D eigenvalue weighted by Gasteiger charge is -2.10. The second kappa shape index (κ2) is 8.15. The number of hydrogen-bond donors (Lipinski definition) is 0. The highest BCUT2D eigenvalue weighted by atomic mass is 35.5. The molecule has 0 saturated carbocycles. The lowest BCUT2D eigenvalue weighted by Crippen LogP contribution is -2.05. The first kappa shape index (κ1) is 15.0. The molecule has 0 fully saturated rings. The summed E-state index contributed by atoms with van der Waals surface area (Å²) in [5.74, 6) is 1.56. The number of aryl methyl sites for hydroxylation is 1.